The monoisotopic (exact) mass is 585 g/mol. The molecule has 1 atom stereocenters. The molecule has 14 heteroatoms. The molecular formula is C27H26F3N7O3S. The summed E-state index contributed by atoms with van der Waals surface area (Å²) in [5, 5.41) is 17.4. The number of nitrogens with zero attached hydrogens (tertiary/aromatic N) is 6. The number of carbonyl (C=O) groups excluding carboxylic acids is 2. The summed E-state index contributed by atoms with van der Waals surface area (Å²) < 4.78 is 44.7. The summed E-state index contributed by atoms with van der Waals surface area (Å²) >= 11 is 1.17. The Morgan fingerprint density at radius 1 is 1.24 bits per heavy atom. The molecule has 41 heavy (non-hydrogen) atoms. The number of rotatable bonds is 9. The Morgan fingerprint density at radius 3 is 2.59 bits per heavy atom. The maximum Gasteiger partial charge on any atom is 0.573 e. The van der Waals surface area contributed by atoms with Gasteiger partial charge in [0, 0.05) is 24.6 Å². The molecule has 0 bridgehead atoms. The van der Waals surface area contributed by atoms with Crippen LogP contribution in [0, 0.1) is 11.3 Å². The number of alkyl halides is 3. The molecule has 0 saturated heterocycles. The average molecular weight is 586 g/mol. The van der Waals surface area contributed by atoms with Gasteiger partial charge in [-0.1, -0.05) is 11.3 Å². The highest BCUT2D eigenvalue weighted by Crippen LogP contribution is 2.49. The van der Waals surface area contributed by atoms with Crippen molar-refractivity contribution in [2.75, 3.05) is 7.05 Å². The smallest absolute Gasteiger partial charge is 0.406 e. The zero-order chi connectivity index (χ0) is 29.1. The minimum Gasteiger partial charge on any atom is -0.406 e. The Kier molecular flexibility index (Phi) is 6.52. The normalized spacial score (nSPS) is 18.3. The fraction of sp³-hybridized carbons (Fsp3) is 0.481. The Hall–Kier alpha value is -3.99. The van der Waals surface area contributed by atoms with E-state index in [-0.39, 0.29) is 23.4 Å². The first-order valence-corrected chi connectivity index (χ1v) is 14.1. The third kappa shape index (κ3) is 5.63. The van der Waals surface area contributed by atoms with Gasteiger partial charge in [-0.15, -0.1) is 18.3 Å². The number of thiazole rings is 1. The molecule has 3 aliphatic carbocycles. The Morgan fingerprint density at radius 2 is 1.98 bits per heavy atom. The van der Waals surface area contributed by atoms with Crippen LogP contribution in [0.1, 0.15) is 94.7 Å². The minimum atomic E-state index is -4.96. The number of benzene rings is 1. The van der Waals surface area contributed by atoms with E-state index in [1.54, 1.807) is 18.9 Å². The van der Waals surface area contributed by atoms with Gasteiger partial charge in [-0.25, -0.2) is 9.97 Å². The second-order valence-electron chi connectivity index (χ2n) is 10.9. The van der Waals surface area contributed by atoms with Crippen molar-refractivity contribution in [1.29, 1.82) is 5.26 Å². The number of nitrogens with one attached hydrogen (secondary N) is 1. The molecule has 1 N–H and O–H groups in total. The summed E-state index contributed by atoms with van der Waals surface area (Å²) in [5.74, 6) is -0.174. The van der Waals surface area contributed by atoms with Crippen molar-refractivity contribution in [3.05, 3.63) is 52.0 Å². The third-order valence-electron chi connectivity index (χ3n) is 7.55. The molecule has 2 aromatic heterocycles. The molecule has 3 aliphatic rings. The van der Waals surface area contributed by atoms with E-state index in [1.807, 2.05) is 0 Å². The van der Waals surface area contributed by atoms with Crippen LogP contribution in [0.4, 0.5) is 13.2 Å². The second kappa shape index (κ2) is 9.83. The third-order valence-corrected chi connectivity index (χ3v) is 8.51. The summed E-state index contributed by atoms with van der Waals surface area (Å²) in [6.07, 6.45) is 1.35. The molecule has 1 aromatic carbocycles. The number of hydrogen-bond donors (Lipinski definition) is 1. The topological polar surface area (TPSA) is 126 Å². The van der Waals surface area contributed by atoms with Crippen LogP contribution in [0.3, 0.4) is 0 Å². The van der Waals surface area contributed by atoms with Crippen LogP contribution < -0.4 is 10.1 Å². The number of ether oxygens (including phenoxy) is 1. The number of nitriles is 1. The number of aromatic nitrogens is 4. The zero-order valence-corrected chi connectivity index (χ0v) is 23.1. The van der Waals surface area contributed by atoms with Crippen molar-refractivity contribution in [3.63, 3.8) is 0 Å². The molecule has 2 amide bonds. The van der Waals surface area contributed by atoms with Gasteiger partial charge in [0.2, 0.25) is 5.13 Å². The van der Waals surface area contributed by atoms with Crippen molar-refractivity contribution >= 4 is 23.2 Å². The molecule has 2 heterocycles. The summed E-state index contributed by atoms with van der Waals surface area (Å²) in [6.45, 7) is 1.68. The van der Waals surface area contributed by atoms with Crippen LogP contribution >= 0.6 is 11.3 Å². The highest BCUT2D eigenvalue weighted by Gasteiger charge is 2.46. The van der Waals surface area contributed by atoms with E-state index >= 15 is 0 Å². The summed E-state index contributed by atoms with van der Waals surface area (Å²) in [7, 11) is 1.77. The first kappa shape index (κ1) is 27.2. The highest BCUT2D eigenvalue weighted by atomic mass is 32.1. The van der Waals surface area contributed by atoms with Crippen molar-refractivity contribution in [2.24, 2.45) is 0 Å². The molecule has 0 radical (unpaired) electrons. The Bertz CT molecular complexity index is 1560. The summed E-state index contributed by atoms with van der Waals surface area (Å²) in [4.78, 5) is 37.4. The molecule has 214 valence electrons. The largest absolute Gasteiger partial charge is 0.573 e. The van der Waals surface area contributed by atoms with Crippen molar-refractivity contribution < 1.29 is 27.5 Å². The van der Waals surface area contributed by atoms with Gasteiger partial charge in [-0.05, 0) is 69.2 Å². The molecule has 3 fully saturated rings. The van der Waals surface area contributed by atoms with E-state index in [1.165, 1.54) is 28.3 Å². The van der Waals surface area contributed by atoms with Crippen LogP contribution in [-0.4, -0.2) is 55.9 Å². The van der Waals surface area contributed by atoms with Crippen LogP contribution in [0.2, 0.25) is 0 Å². The lowest BCUT2D eigenvalue weighted by Crippen LogP contribution is -2.29. The lowest BCUT2D eigenvalue weighted by molar-refractivity contribution is -0.274. The molecule has 0 spiro atoms. The summed E-state index contributed by atoms with van der Waals surface area (Å²) in [6, 6.07) is 5.25. The standard InChI is InChI=1S/C27H26F3N7O3S/c1-14(33-23(38)16-9-17(26(13-31)7-8-26)11-19(10-16)40-27(28,29)30)22-34-21(15-3-4-15)35-37(22)25-32-12-20(41-25)24(39)36(2)18-5-6-18/h9-12,14-15,18H,3-8H2,1-2H3,(H,33,38)/t14-/m0/s1. The van der Waals surface area contributed by atoms with Gasteiger partial charge in [0.1, 0.15) is 10.6 Å². The summed E-state index contributed by atoms with van der Waals surface area (Å²) in [5.41, 5.74) is -0.706. The van der Waals surface area contributed by atoms with Crippen molar-refractivity contribution in [2.45, 2.75) is 75.2 Å². The van der Waals surface area contributed by atoms with Gasteiger partial charge < -0.3 is 15.0 Å². The van der Waals surface area contributed by atoms with Crippen LogP contribution in [0.5, 0.6) is 5.75 Å². The fourth-order valence-electron chi connectivity index (χ4n) is 4.67. The Labute approximate surface area is 237 Å². The van der Waals surface area contributed by atoms with Gasteiger partial charge >= 0.3 is 6.36 Å². The molecule has 0 unspecified atom stereocenters. The maximum atomic E-state index is 13.3. The van der Waals surface area contributed by atoms with Gasteiger partial charge in [0.25, 0.3) is 11.8 Å². The van der Waals surface area contributed by atoms with E-state index in [4.69, 9.17) is 0 Å². The minimum absolute atomic E-state index is 0.0751. The first-order chi connectivity index (χ1) is 19.5. The Balaban J connectivity index is 1.27. The van der Waals surface area contributed by atoms with E-state index in [0.717, 1.165) is 37.8 Å². The lowest BCUT2D eigenvalue weighted by atomic mass is 9.95. The molecular weight excluding hydrogens is 559 g/mol. The van der Waals surface area contributed by atoms with Crippen LogP contribution in [0.25, 0.3) is 5.13 Å². The maximum absolute atomic E-state index is 13.3. The van der Waals surface area contributed by atoms with Crippen LogP contribution in [-0.2, 0) is 5.41 Å². The quantitative estimate of drug-likeness (QED) is 0.383. The fourth-order valence-corrected chi connectivity index (χ4v) is 5.53. The molecule has 0 aliphatic heterocycles. The second-order valence-corrected chi connectivity index (χ2v) is 11.9. The number of halogens is 3. The molecule has 10 nitrogen and oxygen atoms in total. The van der Waals surface area contributed by atoms with Gasteiger partial charge in [-0.2, -0.15) is 9.94 Å². The highest BCUT2D eigenvalue weighted by molar-refractivity contribution is 7.16. The van der Waals surface area contributed by atoms with Gasteiger partial charge in [0.05, 0.1) is 23.7 Å². The lowest BCUT2D eigenvalue weighted by Gasteiger charge is -2.17. The zero-order valence-electron chi connectivity index (χ0n) is 22.2. The molecule has 6 rings (SSSR count). The number of hydrogen-bond acceptors (Lipinski definition) is 8. The van der Waals surface area contributed by atoms with E-state index in [0.29, 0.717) is 40.1 Å². The van der Waals surface area contributed by atoms with Crippen molar-refractivity contribution in [1.82, 2.24) is 30.0 Å². The van der Waals surface area contributed by atoms with Gasteiger partial charge in [-0.3, -0.25) is 9.59 Å². The predicted molar refractivity (Wildman–Crippen MR) is 140 cm³/mol. The number of amides is 2. The van der Waals surface area contributed by atoms with E-state index in [9.17, 15) is 28.0 Å². The first-order valence-electron chi connectivity index (χ1n) is 13.3. The van der Waals surface area contributed by atoms with E-state index < -0.39 is 29.5 Å². The average Bonchev–Trinajstić information content (AvgIpc) is 3.84. The predicted octanol–water partition coefficient (Wildman–Crippen LogP) is 4.78. The van der Waals surface area contributed by atoms with Gasteiger partial charge in [0.15, 0.2) is 11.6 Å². The van der Waals surface area contributed by atoms with Crippen molar-refractivity contribution in [3.8, 4) is 17.0 Å². The van der Waals surface area contributed by atoms with Crippen LogP contribution in [0.15, 0.2) is 24.4 Å². The molecule has 3 saturated carbocycles. The molecule has 3 aromatic rings. The van der Waals surface area contributed by atoms with E-state index in [2.05, 4.69) is 31.2 Å². The SMILES string of the molecule is C[C@H](NC(=O)c1cc(OC(F)(F)F)cc(C2(C#N)CC2)c1)c1nc(C2CC2)nn1-c1ncc(C(=O)N(C)C2CC2)s1. The number of carbonyl (C=O) groups is 2.